The van der Waals surface area contributed by atoms with Crippen molar-refractivity contribution in [2.45, 2.75) is 45.1 Å². The molecule has 1 saturated carbocycles. The highest BCUT2D eigenvalue weighted by atomic mass is 16.2. The van der Waals surface area contributed by atoms with Gasteiger partial charge in [0, 0.05) is 38.0 Å². The molecular weight excluding hydrogens is 254 g/mol. The van der Waals surface area contributed by atoms with E-state index < -0.39 is 0 Å². The summed E-state index contributed by atoms with van der Waals surface area (Å²) in [6.07, 6.45) is 4.45. The molecule has 114 valence electrons. The van der Waals surface area contributed by atoms with E-state index >= 15 is 0 Å². The molecule has 1 saturated heterocycles. The Hall–Kier alpha value is -1.10. The van der Waals surface area contributed by atoms with Crippen molar-refractivity contribution in [1.82, 2.24) is 10.2 Å². The Morgan fingerprint density at radius 2 is 1.80 bits per heavy atom. The topological polar surface area (TPSA) is 75.4 Å². The molecule has 0 spiro atoms. The maximum absolute atomic E-state index is 12.6. The van der Waals surface area contributed by atoms with Crippen LogP contribution in [0.25, 0.3) is 0 Å². The number of carbonyl (C=O) groups is 2. The van der Waals surface area contributed by atoms with E-state index in [1.807, 2.05) is 4.90 Å². The minimum Gasteiger partial charge on any atom is -0.359 e. The van der Waals surface area contributed by atoms with Gasteiger partial charge in [0.1, 0.15) is 0 Å². The van der Waals surface area contributed by atoms with Crippen molar-refractivity contribution in [3.8, 4) is 0 Å². The van der Waals surface area contributed by atoms with E-state index in [-0.39, 0.29) is 29.7 Å². The Morgan fingerprint density at radius 1 is 1.15 bits per heavy atom. The third-order valence-corrected chi connectivity index (χ3v) is 4.98. The minimum atomic E-state index is 0.0649. The molecule has 0 aromatic heterocycles. The van der Waals surface area contributed by atoms with Crippen LogP contribution >= 0.6 is 0 Å². The van der Waals surface area contributed by atoms with Gasteiger partial charge in [-0.3, -0.25) is 9.59 Å². The lowest BCUT2D eigenvalue weighted by Crippen LogP contribution is -2.48. The Bertz CT molecular complexity index is 364. The minimum absolute atomic E-state index is 0.0649. The first-order valence-electron chi connectivity index (χ1n) is 7.79. The average molecular weight is 281 g/mol. The number of nitrogens with two attached hydrogens (primary N) is 1. The van der Waals surface area contributed by atoms with Crippen LogP contribution in [-0.4, -0.2) is 42.9 Å². The summed E-state index contributed by atoms with van der Waals surface area (Å²) in [6, 6.07) is 0.170. The summed E-state index contributed by atoms with van der Waals surface area (Å²) in [5.74, 6) is 0.928. The molecule has 1 heterocycles. The second-order valence-corrected chi connectivity index (χ2v) is 6.37. The van der Waals surface area contributed by atoms with Gasteiger partial charge in [-0.15, -0.1) is 0 Å². The predicted octanol–water partition coefficient (Wildman–Crippen LogP) is 0.735. The Balaban J connectivity index is 1.89. The molecule has 5 nitrogen and oxygen atoms in total. The van der Waals surface area contributed by atoms with Gasteiger partial charge in [0.25, 0.3) is 0 Å². The average Bonchev–Trinajstić information content (AvgIpc) is 2.48. The van der Waals surface area contributed by atoms with Crippen molar-refractivity contribution < 1.29 is 9.59 Å². The molecule has 2 aliphatic rings. The van der Waals surface area contributed by atoms with Gasteiger partial charge in [0.15, 0.2) is 0 Å². The van der Waals surface area contributed by atoms with Gasteiger partial charge in [0.05, 0.1) is 0 Å². The van der Waals surface area contributed by atoms with Crippen LogP contribution < -0.4 is 11.1 Å². The zero-order valence-electron chi connectivity index (χ0n) is 12.6. The van der Waals surface area contributed by atoms with Crippen molar-refractivity contribution in [3.05, 3.63) is 0 Å². The number of hydrogen-bond donors (Lipinski definition) is 2. The summed E-state index contributed by atoms with van der Waals surface area (Å²) in [7, 11) is 1.67. The van der Waals surface area contributed by atoms with E-state index in [1.54, 1.807) is 7.05 Å². The predicted molar refractivity (Wildman–Crippen MR) is 77.9 cm³/mol. The van der Waals surface area contributed by atoms with Gasteiger partial charge in [-0.2, -0.15) is 0 Å². The quantitative estimate of drug-likeness (QED) is 0.783. The second-order valence-electron chi connectivity index (χ2n) is 6.37. The van der Waals surface area contributed by atoms with E-state index in [0.717, 1.165) is 32.1 Å². The molecule has 0 aromatic carbocycles. The first kappa shape index (κ1) is 15.3. The molecule has 3 N–H and O–H groups in total. The first-order valence-corrected chi connectivity index (χ1v) is 7.79. The molecular formula is C15H27N3O2. The fourth-order valence-corrected chi connectivity index (χ4v) is 3.50. The van der Waals surface area contributed by atoms with Gasteiger partial charge in [-0.25, -0.2) is 0 Å². The van der Waals surface area contributed by atoms with Crippen LogP contribution in [-0.2, 0) is 9.59 Å². The van der Waals surface area contributed by atoms with Crippen LogP contribution in [0.2, 0.25) is 0 Å². The maximum Gasteiger partial charge on any atom is 0.226 e. The number of hydrogen-bond acceptors (Lipinski definition) is 3. The number of likely N-dealkylation sites (tertiary alicyclic amines) is 1. The monoisotopic (exact) mass is 281 g/mol. The molecule has 2 amide bonds. The fraction of sp³-hybridized carbons (Fsp3) is 0.867. The number of piperidine rings is 1. The highest BCUT2D eigenvalue weighted by molar-refractivity contribution is 5.81. The fourth-order valence-electron chi connectivity index (χ4n) is 3.50. The lowest BCUT2D eigenvalue weighted by Gasteiger charge is -2.38. The molecule has 0 bridgehead atoms. The standard InChI is InChI=1S/C15H27N3O2/c1-10-3-4-12(16)9-13(10)15(20)18-7-5-11(6-8-18)14(19)17-2/h10-13H,3-9,16H2,1-2H3,(H,17,19). The van der Waals surface area contributed by atoms with Crippen molar-refractivity contribution in [3.63, 3.8) is 0 Å². The highest BCUT2D eigenvalue weighted by Gasteiger charge is 2.35. The summed E-state index contributed by atoms with van der Waals surface area (Å²) in [4.78, 5) is 26.2. The lowest BCUT2D eigenvalue weighted by molar-refractivity contribution is -0.141. The molecule has 1 aliphatic carbocycles. The van der Waals surface area contributed by atoms with Gasteiger partial charge >= 0.3 is 0 Å². The summed E-state index contributed by atoms with van der Waals surface area (Å²) in [5.41, 5.74) is 6.01. The maximum atomic E-state index is 12.6. The van der Waals surface area contributed by atoms with Crippen LogP contribution in [0.1, 0.15) is 39.0 Å². The number of nitrogens with zero attached hydrogens (tertiary/aromatic N) is 1. The van der Waals surface area contributed by atoms with Gasteiger partial charge in [-0.05, 0) is 38.0 Å². The summed E-state index contributed by atoms with van der Waals surface area (Å²) < 4.78 is 0. The van der Waals surface area contributed by atoms with Crippen LogP contribution in [0.3, 0.4) is 0 Å². The molecule has 0 radical (unpaired) electrons. The zero-order chi connectivity index (χ0) is 14.7. The molecule has 2 fully saturated rings. The molecule has 3 unspecified atom stereocenters. The molecule has 2 rings (SSSR count). The Labute approximate surface area is 121 Å². The number of nitrogens with one attached hydrogen (secondary N) is 1. The Kier molecular flexibility index (Phi) is 5.02. The van der Waals surface area contributed by atoms with Gasteiger partial charge in [-0.1, -0.05) is 6.92 Å². The van der Waals surface area contributed by atoms with E-state index in [4.69, 9.17) is 5.73 Å². The van der Waals surface area contributed by atoms with Gasteiger partial charge in [0.2, 0.25) is 11.8 Å². The largest absolute Gasteiger partial charge is 0.359 e. The molecule has 5 heteroatoms. The first-order chi connectivity index (χ1) is 9.52. The van der Waals surface area contributed by atoms with E-state index in [1.165, 1.54) is 0 Å². The van der Waals surface area contributed by atoms with E-state index in [9.17, 15) is 9.59 Å². The number of amides is 2. The van der Waals surface area contributed by atoms with Crippen molar-refractivity contribution in [2.75, 3.05) is 20.1 Å². The van der Waals surface area contributed by atoms with Crippen molar-refractivity contribution in [2.24, 2.45) is 23.5 Å². The lowest BCUT2D eigenvalue weighted by atomic mass is 9.77. The summed E-state index contributed by atoms with van der Waals surface area (Å²) in [6.45, 7) is 3.57. The highest BCUT2D eigenvalue weighted by Crippen LogP contribution is 2.31. The summed E-state index contributed by atoms with van der Waals surface area (Å²) >= 11 is 0. The zero-order valence-corrected chi connectivity index (χ0v) is 12.6. The van der Waals surface area contributed by atoms with Crippen molar-refractivity contribution >= 4 is 11.8 Å². The Morgan fingerprint density at radius 3 is 2.40 bits per heavy atom. The van der Waals surface area contributed by atoms with Crippen LogP contribution in [0.15, 0.2) is 0 Å². The van der Waals surface area contributed by atoms with E-state index in [2.05, 4.69) is 12.2 Å². The third kappa shape index (κ3) is 3.32. The SMILES string of the molecule is CNC(=O)C1CCN(C(=O)C2CC(N)CCC2C)CC1. The normalized spacial score (nSPS) is 31.9. The number of rotatable bonds is 2. The van der Waals surface area contributed by atoms with Crippen LogP contribution in [0.4, 0.5) is 0 Å². The smallest absolute Gasteiger partial charge is 0.226 e. The molecule has 20 heavy (non-hydrogen) atoms. The van der Waals surface area contributed by atoms with Crippen LogP contribution in [0.5, 0.6) is 0 Å². The molecule has 0 aromatic rings. The molecule has 3 atom stereocenters. The van der Waals surface area contributed by atoms with Gasteiger partial charge < -0.3 is 16.0 Å². The summed E-state index contributed by atoms with van der Waals surface area (Å²) in [5, 5.41) is 2.70. The van der Waals surface area contributed by atoms with Crippen LogP contribution in [0, 0.1) is 17.8 Å². The number of carbonyl (C=O) groups excluding carboxylic acids is 2. The van der Waals surface area contributed by atoms with E-state index in [0.29, 0.717) is 19.0 Å². The molecule has 1 aliphatic heterocycles. The third-order valence-electron chi connectivity index (χ3n) is 4.98. The van der Waals surface area contributed by atoms with Crippen molar-refractivity contribution in [1.29, 1.82) is 0 Å². The second kappa shape index (κ2) is 6.57.